The lowest BCUT2D eigenvalue weighted by Gasteiger charge is -2.19. The highest BCUT2D eigenvalue weighted by molar-refractivity contribution is 6.25. The van der Waals surface area contributed by atoms with Crippen molar-refractivity contribution < 1.29 is 14.4 Å². The van der Waals surface area contributed by atoms with E-state index in [9.17, 15) is 14.4 Å². The Balaban J connectivity index is 1.67. The molecule has 29 heavy (non-hydrogen) atoms. The first-order chi connectivity index (χ1) is 13.9. The van der Waals surface area contributed by atoms with Crippen molar-refractivity contribution in [3.63, 3.8) is 0 Å². The van der Waals surface area contributed by atoms with E-state index in [2.05, 4.69) is 5.32 Å². The Morgan fingerprint density at radius 3 is 2.52 bits per heavy atom. The minimum absolute atomic E-state index is 0.209. The number of amides is 3. The maximum atomic E-state index is 13.1. The van der Waals surface area contributed by atoms with Crippen molar-refractivity contribution in [3.05, 3.63) is 70.8 Å². The maximum absolute atomic E-state index is 13.1. The van der Waals surface area contributed by atoms with Crippen LogP contribution in [0.15, 0.2) is 54.1 Å². The number of hydrogen-bond acceptors (Lipinski definition) is 3. The summed E-state index contributed by atoms with van der Waals surface area (Å²) in [6.07, 6.45) is 3.21. The van der Waals surface area contributed by atoms with Crippen molar-refractivity contribution in [1.82, 2.24) is 0 Å². The molecule has 0 saturated carbocycles. The van der Waals surface area contributed by atoms with Crippen molar-refractivity contribution >= 4 is 29.1 Å². The number of allylic oxidation sites excluding steroid dienone is 2. The van der Waals surface area contributed by atoms with Crippen LogP contribution in [0, 0.1) is 25.7 Å². The second-order valence-electron chi connectivity index (χ2n) is 8.00. The second-order valence-corrected chi connectivity index (χ2v) is 8.00. The molecular formula is C24H24N2O3. The smallest absolute Gasteiger partial charge is 0.257 e. The monoisotopic (exact) mass is 388 g/mol. The van der Waals surface area contributed by atoms with Crippen LogP contribution in [0.1, 0.15) is 41.3 Å². The van der Waals surface area contributed by atoms with Crippen molar-refractivity contribution in [3.8, 4) is 0 Å². The van der Waals surface area contributed by atoms with Crippen LogP contribution >= 0.6 is 0 Å². The Morgan fingerprint density at radius 2 is 1.72 bits per heavy atom. The molecule has 0 aromatic heterocycles. The lowest BCUT2D eigenvalue weighted by atomic mass is 9.82. The van der Waals surface area contributed by atoms with Crippen LogP contribution in [-0.4, -0.2) is 17.7 Å². The Bertz CT molecular complexity index is 1050. The highest BCUT2D eigenvalue weighted by atomic mass is 16.2. The Labute approximate surface area is 170 Å². The molecular weight excluding hydrogens is 364 g/mol. The Hall–Kier alpha value is -3.21. The van der Waals surface area contributed by atoms with E-state index in [-0.39, 0.29) is 29.6 Å². The van der Waals surface area contributed by atoms with Crippen molar-refractivity contribution in [2.24, 2.45) is 11.8 Å². The van der Waals surface area contributed by atoms with Crippen LogP contribution in [0.3, 0.4) is 0 Å². The number of aryl methyl sites for hydroxylation is 2. The molecule has 2 aromatic carbocycles. The predicted molar refractivity (Wildman–Crippen MR) is 113 cm³/mol. The summed E-state index contributed by atoms with van der Waals surface area (Å²) < 4.78 is 0. The van der Waals surface area contributed by atoms with Crippen LogP contribution < -0.4 is 10.2 Å². The average molecular weight is 388 g/mol. The SMILES string of the molecule is CC1=CC[C@@H]2C(=O)N(c3ccccc3C(=O)Nc3cc(C)ccc3C)C(=O)[C@@H]2C1. The van der Waals surface area contributed by atoms with E-state index in [0.29, 0.717) is 24.1 Å². The molecule has 1 aliphatic carbocycles. The number of rotatable bonds is 3. The largest absolute Gasteiger partial charge is 0.322 e. The molecule has 0 bridgehead atoms. The molecule has 1 heterocycles. The maximum Gasteiger partial charge on any atom is 0.257 e. The molecule has 0 spiro atoms. The van der Waals surface area contributed by atoms with Crippen LogP contribution in [0.25, 0.3) is 0 Å². The van der Waals surface area contributed by atoms with Gasteiger partial charge in [0.05, 0.1) is 23.1 Å². The second kappa shape index (κ2) is 7.32. The fourth-order valence-electron chi connectivity index (χ4n) is 4.20. The van der Waals surface area contributed by atoms with Gasteiger partial charge in [0, 0.05) is 5.69 Å². The molecule has 0 unspecified atom stereocenters. The van der Waals surface area contributed by atoms with E-state index in [4.69, 9.17) is 0 Å². The molecule has 3 amide bonds. The lowest BCUT2D eigenvalue weighted by Crippen LogP contribution is -2.33. The molecule has 5 nitrogen and oxygen atoms in total. The summed E-state index contributed by atoms with van der Waals surface area (Å²) in [7, 11) is 0. The van der Waals surface area contributed by atoms with E-state index < -0.39 is 0 Å². The summed E-state index contributed by atoms with van der Waals surface area (Å²) in [6.45, 7) is 5.87. The molecule has 2 aliphatic rings. The molecule has 0 radical (unpaired) electrons. The van der Waals surface area contributed by atoms with Gasteiger partial charge in [-0.3, -0.25) is 14.4 Å². The van der Waals surface area contributed by atoms with Gasteiger partial charge in [-0.05, 0) is 62.9 Å². The molecule has 1 fully saturated rings. The van der Waals surface area contributed by atoms with Gasteiger partial charge in [-0.25, -0.2) is 4.90 Å². The van der Waals surface area contributed by atoms with Gasteiger partial charge in [0.25, 0.3) is 5.91 Å². The standard InChI is InChI=1S/C24H24N2O3/c1-14-9-11-17-19(12-14)24(29)26(23(17)28)21-7-5-4-6-18(21)22(27)25-20-13-15(2)8-10-16(20)3/h4-10,13,17,19H,11-12H2,1-3H3,(H,25,27)/t17-,19+/m0/s1. The third-order valence-corrected chi connectivity index (χ3v) is 5.85. The fraction of sp³-hybridized carbons (Fsp3) is 0.292. The van der Waals surface area contributed by atoms with Gasteiger partial charge < -0.3 is 5.32 Å². The molecule has 1 saturated heterocycles. The molecule has 4 rings (SSSR count). The average Bonchev–Trinajstić information content (AvgIpc) is 2.94. The first-order valence-corrected chi connectivity index (χ1v) is 9.88. The third kappa shape index (κ3) is 3.37. The van der Waals surface area contributed by atoms with Gasteiger partial charge in [0.2, 0.25) is 11.8 Å². The molecule has 148 valence electrons. The van der Waals surface area contributed by atoms with Gasteiger partial charge >= 0.3 is 0 Å². The number of carbonyl (C=O) groups is 3. The van der Waals surface area contributed by atoms with Gasteiger partial charge in [-0.1, -0.05) is 35.9 Å². The topological polar surface area (TPSA) is 66.5 Å². The first kappa shape index (κ1) is 19.1. The first-order valence-electron chi connectivity index (χ1n) is 9.88. The summed E-state index contributed by atoms with van der Waals surface area (Å²) in [6, 6.07) is 12.7. The zero-order chi connectivity index (χ0) is 20.7. The van der Waals surface area contributed by atoms with E-state index >= 15 is 0 Å². The highest BCUT2D eigenvalue weighted by Gasteiger charge is 2.49. The molecule has 5 heteroatoms. The zero-order valence-corrected chi connectivity index (χ0v) is 16.9. The highest BCUT2D eigenvalue weighted by Crippen LogP contribution is 2.40. The van der Waals surface area contributed by atoms with Gasteiger partial charge in [-0.2, -0.15) is 0 Å². The summed E-state index contributed by atoms with van der Waals surface area (Å²) in [5, 5.41) is 2.93. The van der Waals surface area contributed by atoms with Crippen LogP contribution in [-0.2, 0) is 9.59 Å². The number of imide groups is 1. The molecule has 1 aliphatic heterocycles. The van der Waals surface area contributed by atoms with Crippen LogP contribution in [0.4, 0.5) is 11.4 Å². The van der Waals surface area contributed by atoms with E-state index in [1.165, 1.54) is 4.90 Å². The van der Waals surface area contributed by atoms with Crippen molar-refractivity contribution in [1.29, 1.82) is 0 Å². The Morgan fingerprint density at radius 1 is 1.00 bits per heavy atom. The number of fused-ring (bicyclic) bond motifs is 1. The quantitative estimate of drug-likeness (QED) is 0.626. The van der Waals surface area contributed by atoms with Crippen LogP contribution in [0.5, 0.6) is 0 Å². The third-order valence-electron chi connectivity index (χ3n) is 5.85. The molecule has 2 aromatic rings. The summed E-state index contributed by atoms with van der Waals surface area (Å²) >= 11 is 0. The molecule has 2 atom stereocenters. The molecule has 1 N–H and O–H groups in total. The van der Waals surface area contributed by atoms with Crippen molar-refractivity contribution in [2.75, 3.05) is 10.2 Å². The number of benzene rings is 2. The van der Waals surface area contributed by atoms with Crippen LogP contribution in [0.2, 0.25) is 0 Å². The number of para-hydroxylation sites is 1. The fourth-order valence-corrected chi connectivity index (χ4v) is 4.20. The number of carbonyl (C=O) groups excluding carboxylic acids is 3. The minimum Gasteiger partial charge on any atom is -0.322 e. The summed E-state index contributed by atoms with van der Waals surface area (Å²) in [5.41, 5.74) is 4.52. The van der Waals surface area contributed by atoms with E-state index in [0.717, 1.165) is 22.4 Å². The number of hydrogen-bond donors (Lipinski definition) is 1. The van der Waals surface area contributed by atoms with Gasteiger partial charge in [0.15, 0.2) is 0 Å². The zero-order valence-electron chi connectivity index (χ0n) is 16.9. The number of nitrogens with zero attached hydrogens (tertiary/aromatic N) is 1. The van der Waals surface area contributed by atoms with Crippen molar-refractivity contribution in [2.45, 2.75) is 33.6 Å². The summed E-state index contributed by atoms with van der Waals surface area (Å²) in [5.74, 6) is -1.42. The van der Waals surface area contributed by atoms with Gasteiger partial charge in [0.1, 0.15) is 0 Å². The van der Waals surface area contributed by atoms with E-state index in [1.807, 2.05) is 45.0 Å². The lowest BCUT2D eigenvalue weighted by molar-refractivity contribution is -0.122. The number of anilines is 2. The normalized spacial score (nSPS) is 21.1. The van der Waals surface area contributed by atoms with Gasteiger partial charge in [-0.15, -0.1) is 0 Å². The number of nitrogens with one attached hydrogen (secondary N) is 1. The summed E-state index contributed by atoms with van der Waals surface area (Å²) in [4.78, 5) is 40.4. The minimum atomic E-state index is -0.334. The Kier molecular flexibility index (Phi) is 4.82. The predicted octanol–water partition coefficient (Wildman–Crippen LogP) is 4.40. The van der Waals surface area contributed by atoms with E-state index in [1.54, 1.807) is 24.3 Å².